The molecule has 0 bridgehead atoms. The second-order valence-electron chi connectivity index (χ2n) is 7.35. The van der Waals surface area contributed by atoms with Gasteiger partial charge in [-0.1, -0.05) is 44.1 Å². The minimum absolute atomic E-state index is 0.0796. The van der Waals surface area contributed by atoms with Crippen molar-refractivity contribution in [1.29, 1.82) is 0 Å². The summed E-state index contributed by atoms with van der Waals surface area (Å²) in [6.45, 7) is 6.27. The Bertz CT molecular complexity index is 953. The van der Waals surface area contributed by atoms with Gasteiger partial charge in [0.25, 0.3) is 0 Å². The highest BCUT2D eigenvalue weighted by atomic mass is 16.5. The molecule has 0 radical (unpaired) electrons. The van der Waals surface area contributed by atoms with Crippen molar-refractivity contribution < 1.29 is 10.4 Å². The Balaban J connectivity index is 2.19. The number of rotatable bonds is 1. The third kappa shape index (κ3) is 1.94. The molecule has 0 spiro atoms. The van der Waals surface area contributed by atoms with Crippen LogP contribution in [0.5, 0.6) is 0 Å². The van der Waals surface area contributed by atoms with E-state index in [-0.39, 0.29) is 5.41 Å². The minimum atomic E-state index is -0.0796. The van der Waals surface area contributed by atoms with Crippen molar-refractivity contribution in [2.24, 2.45) is 10.6 Å². The van der Waals surface area contributed by atoms with E-state index in [9.17, 15) is 10.4 Å². The van der Waals surface area contributed by atoms with E-state index in [1.54, 1.807) is 0 Å². The maximum Gasteiger partial charge on any atom is 0.0914 e. The molecule has 5 nitrogen and oxygen atoms in total. The van der Waals surface area contributed by atoms with Crippen molar-refractivity contribution in [3.8, 4) is 11.3 Å². The molecule has 0 atom stereocenters. The van der Waals surface area contributed by atoms with Gasteiger partial charge in [0.1, 0.15) is 0 Å². The largest absolute Gasteiger partial charge is 0.428 e. The average Bonchev–Trinajstić information content (AvgIpc) is 2.93. The average molecular weight is 323 g/mol. The van der Waals surface area contributed by atoms with Crippen molar-refractivity contribution in [3.05, 3.63) is 41.2 Å². The summed E-state index contributed by atoms with van der Waals surface area (Å²) < 4.78 is 1.30. The van der Waals surface area contributed by atoms with Crippen LogP contribution < -0.4 is 0 Å². The van der Waals surface area contributed by atoms with E-state index in [4.69, 9.17) is 4.98 Å². The molecule has 3 aliphatic rings. The van der Waals surface area contributed by atoms with Gasteiger partial charge in [0.05, 0.1) is 28.3 Å². The second-order valence-corrected chi connectivity index (χ2v) is 7.35. The van der Waals surface area contributed by atoms with Crippen LogP contribution in [0, 0.1) is 5.41 Å². The fourth-order valence-corrected chi connectivity index (χ4v) is 4.01. The molecule has 1 aromatic carbocycles. The van der Waals surface area contributed by atoms with Gasteiger partial charge >= 0.3 is 0 Å². The quantitative estimate of drug-likeness (QED) is 0.402. The molecule has 2 heterocycles. The van der Waals surface area contributed by atoms with Crippen LogP contribution in [0.2, 0.25) is 0 Å². The number of pyridine rings is 1. The third-order valence-electron chi connectivity index (χ3n) is 5.00. The van der Waals surface area contributed by atoms with Crippen molar-refractivity contribution in [2.45, 2.75) is 40.0 Å². The van der Waals surface area contributed by atoms with Crippen LogP contribution in [-0.2, 0) is 12.8 Å². The van der Waals surface area contributed by atoms with Crippen LogP contribution >= 0.6 is 0 Å². The Morgan fingerprint density at radius 3 is 2.67 bits per heavy atom. The summed E-state index contributed by atoms with van der Waals surface area (Å²) in [5.41, 5.74) is 5.62. The highest BCUT2D eigenvalue weighted by Gasteiger charge is 2.37. The highest BCUT2D eigenvalue weighted by Crippen LogP contribution is 2.44. The number of hydrogen-bond acceptors (Lipinski definition) is 4. The predicted octanol–water partition coefficient (Wildman–Crippen LogP) is 4.09. The first-order chi connectivity index (χ1) is 11.5. The Morgan fingerprint density at radius 1 is 1.21 bits per heavy atom. The molecule has 4 rings (SSSR count). The van der Waals surface area contributed by atoms with Crippen molar-refractivity contribution >= 4 is 16.6 Å². The van der Waals surface area contributed by atoms with Crippen LogP contribution in [0.4, 0.5) is 0 Å². The number of hydrogen-bond donors (Lipinski definition) is 2. The summed E-state index contributed by atoms with van der Waals surface area (Å²) in [6.07, 6.45) is 2.06. The smallest absolute Gasteiger partial charge is 0.0914 e. The maximum absolute atomic E-state index is 10.9. The zero-order valence-electron chi connectivity index (χ0n) is 14.2. The summed E-state index contributed by atoms with van der Waals surface area (Å²) >= 11 is 0. The maximum atomic E-state index is 10.9. The molecule has 1 aliphatic carbocycles. The molecule has 0 fully saturated rings. The molecule has 2 aliphatic heterocycles. The van der Waals surface area contributed by atoms with Gasteiger partial charge in [-0.3, -0.25) is 0 Å². The zero-order chi connectivity index (χ0) is 17.1. The monoisotopic (exact) mass is 323 g/mol. The van der Waals surface area contributed by atoms with Crippen LogP contribution in [0.15, 0.2) is 29.4 Å². The normalized spacial score (nSPS) is 18.4. The van der Waals surface area contributed by atoms with Crippen LogP contribution in [0.25, 0.3) is 22.2 Å². The Kier molecular flexibility index (Phi) is 3.10. The summed E-state index contributed by atoms with van der Waals surface area (Å²) in [4.78, 5) is 4.81. The van der Waals surface area contributed by atoms with E-state index >= 15 is 0 Å². The lowest BCUT2D eigenvalue weighted by molar-refractivity contribution is 0.156. The number of para-hydroxylation sites is 1. The molecule has 1 aromatic rings. The molecule has 0 amide bonds. The van der Waals surface area contributed by atoms with Gasteiger partial charge < -0.3 is 10.4 Å². The second kappa shape index (κ2) is 4.97. The van der Waals surface area contributed by atoms with E-state index in [0.717, 1.165) is 39.1 Å². The van der Waals surface area contributed by atoms with Gasteiger partial charge in [-0.15, -0.1) is 0 Å². The van der Waals surface area contributed by atoms with Crippen LogP contribution in [-0.4, -0.2) is 25.8 Å². The SMILES string of the molecule is CCc1c2c3ccccc3nc-2c2c(n1O)CC(C)(C)C/C2=N/O. The molecule has 0 saturated carbocycles. The van der Waals surface area contributed by atoms with Gasteiger partial charge in [0.15, 0.2) is 0 Å². The van der Waals surface area contributed by atoms with E-state index in [0.29, 0.717) is 25.0 Å². The van der Waals surface area contributed by atoms with Crippen molar-refractivity contribution in [2.75, 3.05) is 0 Å². The van der Waals surface area contributed by atoms with Crippen LogP contribution in [0.3, 0.4) is 0 Å². The van der Waals surface area contributed by atoms with Gasteiger partial charge in [-0.2, -0.15) is 4.73 Å². The molecule has 124 valence electrons. The first-order valence-electron chi connectivity index (χ1n) is 8.32. The van der Waals surface area contributed by atoms with Gasteiger partial charge in [0, 0.05) is 16.5 Å². The first kappa shape index (κ1) is 15.0. The minimum Gasteiger partial charge on any atom is -0.428 e. The molecular weight excluding hydrogens is 302 g/mol. The van der Waals surface area contributed by atoms with Gasteiger partial charge in [0.2, 0.25) is 0 Å². The highest BCUT2D eigenvalue weighted by molar-refractivity contribution is 6.12. The third-order valence-corrected chi connectivity index (χ3v) is 5.00. The molecule has 2 N–H and O–H groups in total. The summed E-state index contributed by atoms with van der Waals surface area (Å²) in [7, 11) is 0. The lowest BCUT2D eigenvalue weighted by Crippen LogP contribution is -2.32. The fraction of sp³-hybridized carbons (Fsp3) is 0.368. The molecule has 0 saturated heterocycles. The predicted molar refractivity (Wildman–Crippen MR) is 93.3 cm³/mol. The molecule has 0 aromatic heterocycles. The number of oxime groups is 1. The standard InChI is InChI=1S/C19H21N3O2/c1-4-14-16-11-7-5-6-8-12(11)20-18(16)17-13(21-23)9-19(2,3)10-15(17)22(14)24/h5-8,23-24H,4,9-10H2,1-3H3/b21-13-. The topological polar surface area (TPSA) is 70.6 Å². The summed E-state index contributed by atoms with van der Waals surface area (Å²) in [5, 5.41) is 25.1. The molecule has 24 heavy (non-hydrogen) atoms. The fourth-order valence-electron chi connectivity index (χ4n) is 4.01. The van der Waals surface area contributed by atoms with E-state index < -0.39 is 0 Å². The van der Waals surface area contributed by atoms with Gasteiger partial charge in [-0.25, -0.2) is 4.98 Å². The summed E-state index contributed by atoms with van der Waals surface area (Å²) in [5.74, 6) is 0. The zero-order valence-corrected chi connectivity index (χ0v) is 14.2. The Labute approximate surface area is 140 Å². The number of aromatic nitrogens is 2. The summed E-state index contributed by atoms with van der Waals surface area (Å²) in [6, 6.07) is 7.95. The van der Waals surface area contributed by atoms with E-state index in [1.807, 2.05) is 31.2 Å². The van der Waals surface area contributed by atoms with Crippen LogP contribution in [0.1, 0.15) is 44.1 Å². The van der Waals surface area contributed by atoms with Crippen molar-refractivity contribution in [3.63, 3.8) is 0 Å². The van der Waals surface area contributed by atoms with Crippen molar-refractivity contribution in [1.82, 2.24) is 9.71 Å². The molecule has 5 heteroatoms. The Morgan fingerprint density at radius 2 is 1.96 bits per heavy atom. The Hall–Kier alpha value is -2.56. The van der Waals surface area contributed by atoms with E-state index in [1.165, 1.54) is 4.73 Å². The first-order valence-corrected chi connectivity index (χ1v) is 8.32. The number of fused-ring (bicyclic) bond motifs is 5. The lowest BCUT2D eigenvalue weighted by atomic mass is 9.74. The number of nitrogens with zero attached hydrogens (tertiary/aromatic N) is 3. The number of benzene rings is 1. The van der Waals surface area contributed by atoms with Gasteiger partial charge in [-0.05, 0) is 30.7 Å². The molecular formula is C19H21N3O2. The van der Waals surface area contributed by atoms with E-state index in [2.05, 4.69) is 19.0 Å². The molecule has 0 unspecified atom stereocenters. The lowest BCUT2D eigenvalue weighted by Gasteiger charge is -2.34.